The largest absolute Gasteiger partial charge is 0.382 e. The van der Waals surface area contributed by atoms with E-state index >= 15 is 0 Å². The van der Waals surface area contributed by atoms with E-state index in [0.717, 1.165) is 0 Å². The van der Waals surface area contributed by atoms with Gasteiger partial charge in [-0.1, -0.05) is 19.1 Å². The van der Waals surface area contributed by atoms with E-state index in [9.17, 15) is 9.59 Å². The fraction of sp³-hybridized carbons (Fsp3) is 0.250. The van der Waals surface area contributed by atoms with Crippen molar-refractivity contribution in [1.29, 1.82) is 0 Å². The van der Waals surface area contributed by atoms with E-state index in [0.29, 0.717) is 11.4 Å². The number of hydrogen-bond donors (Lipinski definition) is 1. The average Bonchev–Trinajstić information content (AvgIpc) is 2.66. The molecule has 2 aromatic rings. The molecule has 2 N–H and O–H groups in total. The van der Waals surface area contributed by atoms with Gasteiger partial charge in [0, 0.05) is 26.0 Å². The van der Waals surface area contributed by atoms with Crippen LogP contribution in [-0.2, 0) is 4.79 Å². The molecular weight excluding hydrogens is 294 g/mol. The number of carbonyl (C=O) groups is 2. The van der Waals surface area contributed by atoms with Crippen LogP contribution in [0.4, 0.5) is 17.2 Å². The number of hydrogen-bond acceptors (Lipinski definition) is 5. The van der Waals surface area contributed by atoms with Gasteiger partial charge in [-0.2, -0.15) is 0 Å². The van der Waals surface area contributed by atoms with Gasteiger partial charge in [0.15, 0.2) is 11.5 Å². The lowest BCUT2D eigenvalue weighted by Crippen LogP contribution is -2.37. The van der Waals surface area contributed by atoms with Gasteiger partial charge in [-0.15, -0.1) is 0 Å². The summed E-state index contributed by atoms with van der Waals surface area (Å²) in [5.74, 6) is -0.668. The van der Waals surface area contributed by atoms with Crippen LogP contribution in [0.3, 0.4) is 0 Å². The van der Waals surface area contributed by atoms with Crippen molar-refractivity contribution < 1.29 is 9.59 Å². The maximum Gasteiger partial charge on any atom is 0.280 e. The Balaban J connectivity index is 2.11. The topological polar surface area (TPSA) is 92.4 Å². The van der Waals surface area contributed by atoms with Crippen molar-refractivity contribution in [3.63, 3.8) is 0 Å². The maximum absolute atomic E-state index is 12.9. The molecule has 0 aliphatic carbocycles. The van der Waals surface area contributed by atoms with Gasteiger partial charge in [-0.3, -0.25) is 9.59 Å². The Kier molecular flexibility index (Phi) is 3.69. The van der Waals surface area contributed by atoms with Crippen LogP contribution >= 0.6 is 0 Å². The zero-order valence-electron chi connectivity index (χ0n) is 12.9. The molecule has 1 unspecified atom stereocenters. The molecule has 0 spiro atoms. The van der Waals surface area contributed by atoms with Crippen molar-refractivity contribution >= 4 is 29.0 Å². The lowest BCUT2D eigenvalue weighted by molar-refractivity contribution is -0.121. The summed E-state index contributed by atoms with van der Waals surface area (Å²) in [6.45, 7) is 2.06. The quantitative estimate of drug-likeness (QED) is 0.857. The zero-order valence-corrected chi connectivity index (χ0v) is 12.9. The van der Waals surface area contributed by atoms with Gasteiger partial charge in [0.2, 0.25) is 5.91 Å². The molecule has 2 amide bonds. The van der Waals surface area contributed by atoms with Crippen LogP contribution < -0.4 is 15.5 Å². The first-order valence-corrected chi connectivity index (χ1v) is 7.25. The minimum absolute atomic E-state index is 0.0418. The predicted molar refractivity (Wildman–Crippen MR) is 87.1 cm³/mol. The number of aromatic nitrogens is 2. The second kappa shape index (κ2) is 5.68. The standard InChI is InChI=1S/C16H17N5O2/c1-10-9-21(16(23)13-14(17)19-8-7-18-13)12-6-4-3-5-11(12)20(2)15(10)22/h3-8,10H,9H2,1-2H3,(H2,17,19). The Hall–Kier alpha value is -2.96. The second-order valence-corrected chi connectivity index (χ2v) is 5.49. The Morgan fingerprint density at radius 3 is 2.57 bits per heavy atom. The van der Waals surface area contributed by atoms with E-state index in [4.69, 9.17) is 5.73 Å². The summed E-state index contributed by atoms with van der Waals surface area (Å²) in [4.78, 5) is 36.4. The van der Waals surface area contributed by atoms with Crippen molar-refractivity contribution in [3.05, 3.63) is 42.4 Å². The molecule has 7 nitrogen and oxygen atoms in total. The van der Waals surface area contributed by atoms with Crippen LogP contribution in [0.5, 0.6) is 0 Å². The minimum atomic E-state index is -0.363. The smallest absolute Gasteiger partial charge is 0.280 e. The van der Waals surface area contributed by atoms with Crippen molar-refractivity contribution in [2.45, 2.75) is 6.92 Å². The average molecular weight is 311 g/mol. The Labute approximate surface area is 133 Å². The zero-order chi connectivity index (χ0) is 16.6. The van der Waals surface area contributed by atoms with Gasteiger partial charge in [0.05, 0.1) is 17.3 Å². The molecular formula is C16H17N5O2. The van der Waals surface area contributed by atoms with E-state index in [1.165, 1.54) is 12.4 Å². The molecule has 0 fully saturated rings. The lowest BCUT2D eigenvalue weighted by Gasteiger charge is -2.23. The van der Waals surface area contributed by atoms with Crippen LogP contribution in [-0.4, -0.2) is 35.4 Å². The molecule has 2 heterocycles. The van der Waals surface area contributed by atoms with Gasteiger partial charge in [0.1, 0.15) is 0 Å². The summed E-state index contributed by atoms with van der Waals surface area (Å²) in [6, 6.07) is 7.28. The summed E-state index contributed by atoms with van der Waals surface area (Å²) in [5.41, 5.74) is 7.20. The van der Waals surface area contributed by atoms with E-state index < -0.39 is 0 Å². The third-order valence-corrected chi connectivity index (χ3v) is 3.92. The highest BCUT2D eigenvalue weighted by Gasteiger charge is 2.33. The van der Waals surface area contributed by atoms with E-state index in [-0.39, 0.29) is 35.8 Å². The number of fused-ring (bicyclic) bond motifs is 1. The third kappa shape index (κ3) is 2.50. The molecule has 1 atom stereocenters. The predicted octanol–water partition coefficient (Wildman–Crippen LogP) is 1.32. The van der Waals surface area contributed by atoms with Crippen LogP contribution in [0.15, 0.2) is 36.7 Å². The van der Waals surface area contributed by atoms with Gasteiger partial charge in [-0.25, -0.2) is 9.97 Å². The van der Waals surface area contributed by atoms with E-state index in [1.807, 2.05) is 24.3 Å². The molecule has 1 aromatic carbocycles. The first-order chi connectivity index (χ1) is 11.0. The molecule has 23 heavy (non-hydrogen) atoms. The lowest BCUT2D eigenvalue weighted by atomic mass is 10.1. The fourth-order valence-electron chi connectivity index (χ4n) is 2.71. The molecule has 1 aromatic heterocycles. The molecule has 0 bridgehead atoms. The van der Waals surface area contributed by atoms with E-state index in [2.05, 4.69) is 9.97 Å². The van der Waals surface area contributed by atoms with Crippen molar-refractivity contribution in [2.24, 2.45) is 5.92 Å². The summed E-state index contributed by atoms with van der Waals surface area (Å²) in [6.07, 6.45) is 2.86. The molecule has 0 saturated carbocycles. The molecule has 7 heteroatoms. The van der Waals surface area contributed by atoms with E-state index in [1.54, 1.807) is 23.8 Å². The van der Waals surface area contributed by atoms with Crippen LogP contribution in [0, 0.1) is 5.92 Å². The highest BCUT2D eigenvalue weighted by molar-refractivity contribution is 6.12. The van der Waals surface area contributed by atoms with Gasteiger partial charge in [0.25, 0.3) is 5.91 Å². The number of amides is 2. The number of anilines is 3. The number of nitrogens with zero attached hydrogens (tertiary/aromatic N) is 4. The Morgan fingerprint density at radius 1 is 1.22 bits per heavy atom. The number of rotatable bonds is 1. The van der Waals surface area contributed by atoms with Crippen molar-refractivity contribution in [1.82, 2.24) is 9.97 Å². The number of nitrogen functional groups attached to an aromatic ring is 1. The molecule has 118 valence electrons. The Bertz CT molecular complexity index is 777. The number of carbonyl (C=O) groups excluding carboxylic acids is 2. The molecule has 1 aliphatic rings. The van der Waals surface area contributed by atoms with Crippen molar-refractivity contribution in [3.8, 4) is 0 Å². The molecule has 0 saturated heterocycles. The molecule has 3 rings (SSSR count). The summed E-state index contributed by atoms with van der Waals surface area (Å²) < 4.78 is 0. The normalized spacial score (nSPS) is 17.7. The highest BCUT2D eigenvalue weighted by atomic mass is 16.2. The third-order valence-electron chi connectivity index (χ3n) is 3.92. The number of nitrogens with two attached hydrogens (primary N) is 1. The SMILES string of the molecule is CC1CN(C(=O)c2nccnc2N)c2ccccc2N(C)C1=O. The summed E-state index contributed by atoms with van der Waals surface area (Å²) >= 11 is 0. The number of benzene rings is 1. The first-order valence-electron chi connectivity index (χ1n) is 7.25. The van der Waals surface area contributed by atoms with Gasteiger partial charge >= 0.3 is 0 Å². The van der Waals surface area contributed by atoms with Crippen LogP contribution in [0.1, 0.15) is 17.4 Å². The first kappa shape index (κ1) is 15.0. The molecule has 0 radical (unpaired) electrons. The maximum atomic E-state index is 12.9. The monoisotopic (exact) mass is 311 g/mol. The Morgan fingerprint density at radius 2 is 1.87 bits per heavy atom. The van der Waals surface area contributed by atoms with Crippen LogP contribution in [0.25, 0.3) is 0 Å². The van der Waals surface area contributed by atoms with Gasteiger partial charge in [-0.05, 0) is 12.1 Å². The summed E-state index contributed by atoms with van der Waals surface area (Å²) in [7, 11) is 1.71. The summed E-state index contributed by atoms with van der Waals surface area (Å²) in [5, 5.41) is 0. The second-order valence-electron chi connectivity index (χ2n) is 5.49. The molecule has 1 aliphatic heterocycles. The minimum Gasteiger partial charge on any atom is -0.382 e. The van der Waals surface area contributed by atoms with Crippen molar-refractivity contribution in [2.75, 3.05) is 29.1 Å². The number of para-hydroxylation sites is 2. The van der Waals surface area contributed by atoms with Crippen LogP contribution in [0.2, 0.25) is 0 Å². The van der Waals surface area contributed by atoms with Gasteiger partial charge < -0.3 is 15.5 Å². The highest BCUT2D eigenvalue weighted by Crippen LogP contribution is 2.34. The fourth-order valence-corrected chi connectivity index (χ4v) is 2.71.